The Hall–Kier alpha value is -6.65. The highest BCUT2D eigenvalue weighted by molar-refractivity contribution is 6.09. The molecule has 0 spiro atoms. The lowest BCUT2D eigenvalue weighted by molar-refractivity contribution is 1.06. The summed E-state index contributed by atoms with van der Waals surface area (Å²) in [6, 6.07) is 63.3. The minimum absolute atomic E-state index is 0.614. The molecule has 0 aliphatic carbocycles. The van der Waals surface area contributed by atoms with Crippen LogP contribution in [0.5, 0.6) is 0 Å². The first-order valence-electron chi connectivity index (χ1n) is 16.5. The number of nitrogens with zero attached hydrogens (tertiary/aromatic N) is 4. The molecule has 0 bridgehead atoms. The van der Waals surface area contributed by atoms with Crippen molar-refractivity contribution in [3.63, 3.8) is 0 Å². The molecule has 0 unspecified atom stereocenters. The standard InChI is InChI=1S/C45H30N4/c1-4-16-31(17-5-1)34-28-29-39(42(30-34)49-40-26-14-12-23-36(40)37-24-13-15-27-41(37)49)45-47-43(33-20-8-3-9-21-33)46-44(48-45)38-25-11-10-22-35(38)32-18-6-2-7-19-32/h1-30H. The molecule has 9 rings (SSSR count). The minimum Gasteiger partial charge on any atom is -0.308 e. The van der Waals surface area contributed by atoms with Crippen molar-refractivity contribution >= 4 is 21.8 Å². The van der Waals surface area contributed by atoms with Crippen molar-refractivity contribution in [2.45, 2.75) is 0 Å². The molecule has 0 aliphatic heterocycles. The Morgan fingerprint density at radius 3 is 1.41 bits per heavy atom. The van der Waals surface area contributed by atoms with Crippen LogP contribution in [0, 0.1) is 0 Å². The van der Waals surface area contributed by atoms with E-state index < -0.39 is 0 Å². The van der Waals surface area contributed by atoms with Crippen molar-refractivity contribution in [2.75, 3.05) is 0 Å². The average molecular weight is 627 g/mol. The molecule has 2 heterocycles. The lowest BCUT2D eigenvalue weighted by Gasteiger charge is -2.17. The van der Waals surface area contributed by atoms with Crippen LogP contribution in [0.25, 0.3) is 83.9 Å². The van der Waals surface area contributed by atoms with Crippen LogP contribution in [0.2, 0.25) is 0 Å². The number of benzene rings is 7. The second kappa shape index (κ2) is 12.2. The van der Waals surface area contributed by atoms with E-state index in [0.29, 0.717) is 17.5 Å². The summed E-state index contributed by atoms with van der Waals surface area (Å²) >= 11 is 0. The van der Waals surface area contributed by atoms with Crippen LogP contribution >= 0.6 is 0 Å². The molecule has 7 aromatic carbocycles. The predicted octanol–water partition coefficient (Wildman–Crippen LogP) is 11.3. The summed E-state index contributed by atoms with van der Waals surface area (Å²) in [5.74, 6) is 1.87. The average Bonchev–Trinajstić information content (AvgIpc) is 3.53. The Morgan fingerprint density at radius 2 is 0.776 bits per heavy atom. The zero-order valence-corrected chi connectivity index (χ0v) is 26.6. The molecular weight excluding hydrogens is 597 g/mol. The molecule has 4 nitrogen and oxygen atoms in total. The second-order valence-electron chi connectivity index (χ2n) is 12.1. The SMILES string of the molecule is c1ccc(-c2ccc(-c3nc(-c4ccccc4)nc(-c4ccccc4-c4ccccc4)n3)c(-n3c4ccccc4c4ccccc43)c2)cc1. The summed E-state index contributed by atoms with van der Waals surface area (Å²) in [4.78, 5) is 15.6. The molecule has 230 valence electrons. The maximum absolute atomic E-state index is 5.28. The van der Waals surface area contributed by atoms with Gasteiger partial charge in [0.15, 0.2) is 17.5 Å². The molecule has 0 atom stereocenters. The van der Waals surface area contributed by atoms with E-state index in [2.05, 4.69) is 156 Å². The Labute approximate surface area is 284 Å². The van der Waals surface area contributed by atoms with Gasteiger partial charge in [-0.3, -0.25) is 0 Å². The zero-order chi connectivity index (χ0) is 32.6. The monoisotopic (exact) mass is 626 g/mol. The van der Waals surface area contributed by atoms with Crippen molar-refractivity contribution in [3.05, 3.63) is 182 Å². The van der Waals surface area contributed by atoms with E-state index in [-0.39, 0.29) is 0 Å². The number of para-hydroxylation sites is 2. The quantitative estimate of drug-likeness (QED) is 0.184. The highest BCUT2D eigenvalue weighted by Gasteiger charge is 2.21. The van der Waals surface area contributed by atoms with Gasteiger partial charge in [-0.25, -0.2) is 15.0 Å². The predicted molar refractivity (Wildman–Crippen MR) is 201 cm³/mol. The summed E-state index contributed by atoms with van der Waals surface area (Å²) in [6.45, 7) is 0. The van der Waals surface area contributed by atoms with E-state index in [0.717, 1.165) is 55.7 Å². The van der Waals surface area contributed by atoms with Gasteiger partial charge in [-0.1, -0.05) is 158 Å². The Kier molecular flexibility index (Phi) is 7.10. The third-order valence-electron chi connectivity index (χ3n) is 9.09. The van der Waals surface area contributed by atoms with Gasteiger partial charge in [-0.05, 0) is 46.5 Å². The summed E-state index contributed by atoms with van der Waals surface area (Å²) in [5, 5.41) is 2.40. The largest absolute Gasteiger partial charge is 0.308 e. The van der Waals surface area contributed by atoms with Crippen LogP contribution in [0.4, 0.5) is 0 Å². The number of rotatable bonds is 6. The first-order valence-corrected chi connectivity index (χ1v) is 16.5. The van der Waals surface area contributed by atoms with Gasteiger partial charge in [0.25, 0.3) is 0 Å². The molecule has 9 aromatic rings. The van der Waals surface area contributed by atoms with Crippen molar-refractivity contribution in [2.24, 2.45) is 0 Å². The van der Waals surface area contributed by atoms with E-state index in [1.165, 1.54) is 10.8 Å². The van der Waals surface area contributed by atoms with E-state index in [9.17, 15) is 0 Å². The summed E-state index contributed by atoms with van der Waals surface area (Å²) in [6.07, 6.45) is 0. The zero-order valence-electron chi connectivity index (χ0n) is 26.6. The maximum Gasteiger partial charge on any atom is 0.166 e. The molecule has 0 fully saturated rings. The van der Waals surface area contributed by atoms with Gasteiger partial charge in [0, 0.05) is 27.5 Å². The van der Waals surface area contributed by atoms with Crippen LogP contribution in [-0.4, -0.2) is 19.5 Å². The van der Waals surface area contributed by atoms with Crippen LogP contribution < -0.4 is 0 Å². The van der Waals surface area contributed by atoms with E-state index >= 15 is 0 Å². The molecule has 0 saturated carbocycles. The molecule has 0 amide bonds. The summed E-state index contributed by atoms with van der Waals surface area (Å²) in [7, 11) is 0. The fraction of sp³-hybridized carbons (Fsp3) is 0. The lowest BCUT2D eigenvalue weighted by Crippen LogP contribution is -2.04. The first-order chi connectivity index (χ1) is 24.3. The fourth-order valence-electron chi connectivity index (χ4n) is 6.78. The fourth-order valence-corrected chi connectivity index (χ4v) is 6.78. The van der Waals surface area contributed by atoms with Crippen LogP contribution in [0.1, 0.15) is 0 Å². The molecule has 0 N–H and O–H groups in total. The second-order valence-corrected chi connectivity index (χ2v) is 12.1. The van der Waals surface area contributed by atoms with Crippen molar-refractivity contribution in [1.82, 2.24) is 19.5 Å². The van der Waals surface area contributed by atoms with E-state index in [1.54, 1.807) is 0 Å². The molecule has 0 radical (unpaired) electrons. The van der Waals surface area contributed by atoms with Crippen LogP contribution in [0.3, 0.4) is 0 Å². The van der Waals surface area contributed by atoms with Crippen molar-refractivity contribution in [3.8, 4) is 62.1 Å². The van der Waals surface area contributed by atoms with Gasteiger partial charge in [-0.2, -0.15) is 0 Å². The third kappa shape index (κ3) is 5.16. The molecule has 0 saturated heterocycles. The third-order valence-corrected chi connectivity index (χ3v) is 9.09. The molecule has 49 heavy (non-hydrogen) atoms. The van der Waals surface area contributed by atoms with Crippen molar-refractivity contribution < 1.29 is 0 Å². The Bertz CT molecular complexity index is 2540. The Balaban J connectivity index is 1.35. The summed E-state index contributed by atoms with van der Waals surface area (Å²) in [5.41, 5.74) is 10.5. The normalized spacial score (nSPS) is 11.3. The summed E-state index contributed by atoms with van der Waals surface area (Å²) < 4.78 is 2.36. The van der Waals surface area contributed by atoms with Gasteiger partial charge in [0.05, 0.1) is 16.7 Å². The van der Waals surface area contributed by atoms with Crippen molar-refractivity contribution in [1.29, 1.82) is 0 Å². The van der Waals surface area contributed by atoms with Gasteiger partial charge in [0.2, 0.25) is 0 Å². The van der Waals surface area contributed by atoms with E-state index in [1.807, 2.05) is 30.3 Å². The topological polar surface area (TPSA) is 43.6 Å². The smallest absolute Gasteiger partial charge is 0.166 e. The number of hydrogen-bond donors (Lipinski definition) is 0. The first kappa shape index (κ1) is 28.6. The van der Waals surface area contributed by atoms with E-state index in [4.69, 9.17) is 15.0 Å². The van der Waals surface area contributed by atoms with Gasteiger partial charge < -0.3 is 4.57 Å². The molecular formula is C45H30N4. The molecule has 0 aliphatic rings. The highest BCUT2D eigenvalue weighted by atomic mass is 15.1. The Morgan fingerprint density at radius 1 is 0.306 bits per heavy atom. The lowest BCUT2D eigenvalue weighted by atomic mass is 9.99. The number of aromatic nitrogens is 4. The van der Waals surface area contributed by atoms with Crippen LogP contribution in [-0.2, 0) is 0 Å². The number of fused-ring (bicyclic) bond motifs is 3. The van der Waals surface area contributed by atoms with Gasteiger partial charge in [-0.15, -0.1) is 0 Å². The number of hydrogen-bond acceptors (Lipinski definition) is 3. The van der Waals surface area contributed by atoms with Gasteiger partial charge in [0.1, 0.15) is 0 Å². The molecule has 2 aromatic heterocycles. The molecule has 4 heteroatoms. The maximum atomic E-state index is 5.28. The highest BCUT2D eigenvalue weighted by Crippen LogP contribution is 2.39. The minimum atomic E-state index is 0.614. The van der Waals surface area contributed by atoms with Gasteiger partial charge >= 0.3 is 0 Å². The van der Waals surface area contributed by atoms with Crippen LogP contribution in [0.15, 0.2) is 182 Å².